The molecule has 1 aliphatic rings. The Morgan fingerprint density at radius 2 is 2.19 bits per heavy atom. The number of piperidine rings is 1. The van der Waals surface area contributed by atoms with Crippen molar-refractivity contribution in [1.29, 1.82) is 0 Å². The van der Waals surface area contributed by atoms with Crippen molar-refractivity contribution in [2.75, 3.05) is 37.0 Å². The van der Waals surface area contributed by atoms with Gasteiger partial charge in [-0.25, -0.2) is 14.8 Å². The zero-order valence-electron chi connectivity index (χ0n) is 17.7. The number of hydrogen-bond acceptors (Lipinski definition) is 8. The van der Waals surface area contributed by atoms with Gasteiger partial charge in [-0.15, -0.1) is 0 Å². The molecule has 160 valence electrons. The Hall–Kier alpha value is -3.62. The number of nitrogens with zero attached hydrogens (tertiary/aromatic N) is 5. The van der Waals surface area contributed by atoms with E-state index in [1.165, 1.54) is 7.11 Å². The van der Waals surface area contributed by atoms with Crippen molar-refractivity contribution < 1.29 is 13.9 Å². The molecule has 3 aromatic heterocycles. The first-order valence-corrected chi connectivity index (χ1v) is 10.3. The molecule has 1 aliphatic heterocycles. The van der Waals surface area contributed by atoms with Gasteiger partial charge in [0.15, 0.2) is 5.58 Å². The third kappa shape index (κ3) is 3.35. The zero-order chi connectivity index (χ0) is 21.5. The number of ether oxygens (including phenoxy) is 1. The lowest BCUT2D eigenvalue weighted by atomic mass is 9.92. The van der Waals surface area contributed by atoms with E-state index >= 15 is 0 Å². The third-order valence-corrected chi connectivity index (χ3v) is 6.15. The van der Waals surface area contributed by atoms with Crippen LogP contribution >= 0.6 is 0 Å². The Bertz CT molecular complexity index is 1250. The van der Waals surface area contributed by atoms with Crippen LogP contribution in [-0.2, 0) is 4.74 Å². The predicted octanol–water partition coefficient (Wildman–Crippen LogP) is 3.24. The van der Waals surface area contributed by atoms with Gasteiger partial charge in [0.1, 0.15) is 23.3 Å². The molecule has 4 heterocycles. The van der Waals surface area contributed by atoms with Crippen LogP contribution in [0.3, 0.4) is 0 Å². The number of fused-ring (bicyclic) bond motifs is 2. The van der Waals surface area contributed by atoms with E-state index in [4.69, 9.17) is 9.15 Å². The Morgan fingerprint density at radius 1 is 1.32 bits per heavy atom. The molecule has 2 unspecified atom stereocenters. The number of aromatic nitrogens is 4. The Balaban J connectivity index is 1.43. The monoisotopic (exact) mass is 420 g/mol. The van der Waals surface area contributed by atoms with Gasteiger partial charge in [0.2, 0.25) is 0 Å². The van der Waals surface area contributed by atoms with Crippen molar-refractivity contribution in [3.63, 3.8) is 0 Å². The van der Waals surface area contributed by atoms with E-state index in [1.54, 1.807) is 24.5 Å². The van der Waals surface area contributed by atoms with E-state index in [0.717, 1.165) is 41.9 Å². The number of anilines is 2. The number of hydrogen-bond donors (Lipinski definition) is 1. The van der Waals surface area contributed by atoms with Gasteiger partial charge in [0.05, 0.1) is 24.1 Å². The van der Waals surface area contributed by atoms with Crippen molar-refractivity contribution in [3.8, 4) is 0 Å². The van der Waals surface area contributed by atoms with E-state index in [2.05, 4.69) is 43.7 Å². The summed E-state index contributed by atoms with van der Waals surface area (Å²) in [4.78, 5) is 32.9. The molecule has 5 rings (SSSR count). The summed E-state index contributed by atoms with van der Waals surface area (Å²) in [5.41, 5.74) is 2.57. The molecular formula is C22H24N6O3. The molecule has 1 aromatic carbocycles. The maximum absolute atomic E-state index is 11.8. The van der Waals surface area contributed by atoms with Gasteiger partial charge < -0.3 is 23.9 Å². The minimum Gasteiger partial charge on any atom is -0.465 e. The summed E-state index contributed by atoms with van der Waals surface area (Å²) < 4.78 is 10.8. The summed E-state index contributed by atoms with van der Waals surface area (Å²) in [6.07, 6.45) is 4.48. The van der Waals surface area contributed by atoms with Gasteiger partial charge >= 0.3 is 5.97 Å². The Labute approximate surface area is 179 Å². The van der Waals surface area contributed by atoms with Crippen LogP contribution in [0.4, 0.5) is 11.8 Å². The quantitative estimate of drug-likeness (QED) is 0.502. The largest absolute Gasteiger partial charge is 0.465 e. The van der Waals surface area contributed by atoms with Crippen LogP contribution in [-0.4, -0.2) is 59.2 Å². The van der Waals surface area contributed by atoms with Crippen LogP contribution in [0.25, 0.3) is 22.1 Å². The van der Waals surface area contributed by atoms with Crippen molar-refractivity contribution in [2.24, 2.45) is 5.92 Å². The number of carbonyl (C=O) groups excluding carboxylic acids is 1. The van der Waals surface area contributed by atoms with Gasteiger partial charge in [0, 0.05) is 26.3 Å². The standard InChI is InChI=1S/C22H24N6O3/c1-13-7-9-28(22-26-16-5-4-14(21(29)30-3)10-18(16)31-22)11-17(13)27(2)20-15-6-8-23-19(15)24-12-25-20/h4-6,8,10,12-13,17H,7,9,11H2,1-3H3,(H,23,24,25). The number of nitrogens with one attached hydrogen (secondary N) is 1. The number of benzene rings is 1. The number of methoxy groups -OCH3 is 1. The SMILES string of the molecule is COC(=O)c1ccc2nc(N3CCC(C)C(N(C)c4ncnc5[nH]ccc45)C3)oc2c1. The highest BCUT2D eigenvalue weighted by Crippen LogP contribution is 2.31. The van der Waals surface area contributed by atoms with Crippen molar-refractivity contribution >= 4 is 39.9 Å². The molecule has 1 N–H and O–H groups in total. The second-order valence-corrected chi connectivity index (χ2v) is 8.00. The summed E-state index contributed by atoms with van der Waals surface area (Å²) >= 11 is 0. The van der Waals surface area contributed by atoms with Gasteiger partial charge in [-0.05, 0) is 36.6 Å². The lowest BCUT2D eigenvalue weighted by Gasteiger charge is -2.41. The molecular weight excluding hydrogens is 396 g/mol. The van der Waals surface area contributed by atoms with Crippen LogP contribution in [0.15, 0.2) is 41.2 Å². The molecule has 0 bridgehead atoms. The fourth-order valence-corrected chi connectivity index (χ4v) is 4.32. The molecule has 2 atom stereocenters. The van der Waals surface area contributed by atoms with E-state index in [1.807, 2.05) is 12.3 Å². The average Bonchev–Trinajstić information content (AvgIpc) is 3.44. The summed E-state index contributed by atoms with van der Waals surface area (Å²) in [6.45, 7) is 3.87. The minimum atomic E-state index is -0.394. The maximum atomic E-state index is 11.8. The number of rotatable bonds is 4. The summed E-state index contributed by atoms with van der Waals surface area (Å²) in [5, 5.41) is 1.01. The van der Waals surface area contributed by atoms with Gasteiger partial charge in [0.25, 0.3) is 6.01 Å². The Morgan fingerprint density at radius 3 is 3.03 bits per heavy atom. The second-order valence-electron chi connectivity index (χ2n) is 8.00. The minimum absolute atomic E-state index is 0.224. The van der Waals surface area contributed by atoms with Crippen molar-refractivity contribution in [2.45, 2.75) is 19.4 Å². The van der Waals surface area contributed by atoms with Crippen molar-refractivity contribution in [1.82, 2.24) is 19.9 Å². The highest BCUT2D eigenvalue weighted by Gasteiger charge is 2.32. The third-order valence-electron chi connectivity index (χ3n) is 6.15. The maximum Gasteiger partial charge on any atom is 0.337 e. The molecule has 31 heavy (non-hydrogen) atoms. The van der Waals surface area contributed by atoms with E-state index < -0.39 is 5.97 Å². The molecule has 1 fully saturated rings. The molecule has 0 radical (unpaired) electrons. The first-order chi connectivity index (χ1) is 15.0. The fourth-order valence-electron chi connectivity index (χ4n) is 4.32. The normalized spacial score (nSPS) is 19.1. The number of carbonyl (C=O) groups is 1. The molecule has 0 spiro atoms. The highest BCUT2D eigenvalue weighted by atomic mass is 16.5. The lowest BCUT2D eigenvalue weighted by Crippen LogP contribution is -2.51. The molecule has 0 saturated carbocycles. The molecule has 9 heteroatoms. The smallest absolute Gasteiger partial charge is 0.337 e. The zero-order valence-corrected chi connectivity index (χ0v) is 17.7. The summed E-state index contributed by atoms with van der Waals surface area (Å²) in [7, 11) is 3.44. The number of aromatic amines is 1. The lowest BCUT2D eigenvalue weighted by molar-refractivity contribution is 0.0601. The van der Waals surface area contributed by atoms with Gasteiger partial charge in [-0.3, -0.25) is 0 Å². The Kier molecular flexibility index (Phi) is 4.72. The summed E-state index contributed by atoms with van der Waals surface area (Å²) in [5.74, 6) is 0.986. The fraction of sp³-hybridized carbons (Fsp3) is 0.364. The molecule has 1 saturated heterocycles. The average molecular weight is 420 g/mol. The van der Waals surface area contributed by atoms with Crippen molar-refractivity contribution in [3.05, 3.63) is 42.4 Å². The predicted molar refractivity (Wildman–Crippen MR) is 117 cm³/mol. The van der Waals surface area contributed by atoms with E-state index in [9.17, 15) is 4.79 Å². The van der Waals surface area contributed by atoms with E-state index in [-0.39, 0.29) is 6.04 Å². The number of esters is 1. The second kappa shape index (κ2) is 7.57. The summed E-state index contributed by atoms with van der Waals surface area (Å²) in [6, 6.07) is 7.96. The molecule has 0 amide bonds. The van der Waals surface area contributed by atoms with Crippen LogP contribution in [0.2, 0.25) is 0 Å². The van der Waals surface area contributed by atoms with Crippen LogP contribution < -0.4 is 9.80 Å². The van der Waals surface area contributed by atoms with Crippen LogP contribution in [0.5, 0.6) is 0 Å². The van der Waals surface area contributed by atoms with E-state index in [0.29, 0.717) is 23.1 Å². The number of H-pyrrole nitrogens is 1. The number of oxazole rings is 1. The first kappa shape index (κ1) is 19.3. The number of likely N-dealkylation sites (N-methyl/N-ethyl adjacent to an activating group) is 1. The van der Waals surface area contributed by atoms with Crippen LogP contribution in [0.1, 0.15) is 23.7 Å². The topological polar surface area (TPSA) is 100 Å². The molecule has 4 aromatic rings. The highest BCUT2D eigenvalue weighted by molar-refractivity contribution is 5.93. The van der Waals surface area contributed by atoms with Gasteiger partial charge in [-0.2, -0.15) is 4.98 Å². The van der Waals surface area contributed by atoms with Crippen LogP contribution in [0, 0.1) is 5.92 Å². The first-order valence-electron chi connectivity index (χ1n) is 10.3. The molecule has 0 aliphatic carbocycles. The van der Waals surface area contributed by atoms with Gasteiger partial charge in [-0.1, -0.05) is 6.92 Å². The molecule has 9 nitrogen and oxygen atoms in total.